The smallest absolute Gasteiger partial charge is 0.250 e. The van der Waals surface area contributed by atoms with Crippen molar-refractivity contribution in [3.8, 4) is 0 Å². The van der Waals surface area contributed by atoms with Crippen LogP contribution in [0.5, 0.6) is 0 Å². The molecule has 0 aromatic heterocycles. The zero-order chi connectivity index (χ0) is 13.7. The molecule has 0 bridgehead atoms. The van der Waals surface area contributed by atoms with Crippen LogP contribution in [0.15, 0.2) is 0 Å². The standard InChI is InChI=1S/C15H28F2N2/c1-2-12-8-13(18-9-15(16)17)11-19(10-12)14-6-4-3-5-7-14/h12-15,18H,2-11H2,1H3. The molecule has 2 rings (SSSR count). The highest BCUT2D eigenvalue weighted by Gasteiger charge is 2.31. The lowest BCUT2D eigenvalue weighted by molar-refractivity contribution is 0.0671. The quantitative estimate of drug-likeness (QED) is 0.827. The molecule has 0 radical (unpaired) electrons. The fourth-order valence-corrected chi connectivity index (χ4v) is 3.68. The van der Waals surface area contributed by atoms with Crippen molar-refractivity contribution in [2.24, 2.45) is 5.92 Å². The molecule has 0 aromatic rings. The first-order chi connectivity index (χ1) is 9.19. The summed E-state index contributed by atoms with van der Waals surface area (Å²) < 4.78 is 24.7. The van der Waals surface area contributed by atoms with E-state index in [1.807, 2.05) is 0 Å². The molecule has 0 aromatic carbocycles. The Kier molecular flexibility index (Phi) is 6.02. The molecule has 19 heavy (non-hydrogen) atoms. The molecule has 1 heterocycles. The van der Waals surface area contributed by atoms with Gasteiger partial charge in [-0.15, -0.1) is 0 Å². The van der Waals surface area contributed by atoms with Crippen LogP contribution in [0.4, 0.5) is 8.78 Å². The molecular formula is C15H28F2N2. The molecule has 2 fully saturated rings. The van der Waals surface area contributed by atoms with Crippen molar-refractivity contribution >= 4 is 0 Å². The van der Waals surface area contributed by atoms with Crippen LogP contribution in [0.3, 0.4) is 0 Å². The van der Waals surface area contributed by atoms with Gasteiger partial charge in [-0.25, -0.2) is 8.78 Å². The van der Waals surface area contributed by atoms with Crippen LogP contribution in [0.1, 0.15) is 51.9 Å². The van der Waals surface area contributed by atoms with Crippen molar-refractivity contribution in [3.63, 3.8) is 0 Å². The lowest BCUT2D eigenvalue weighted by Gasteiger charge is -2.43. The summed E-state index contributed by atoms with van der Waals surface area (Å²) in [6.07, 6.45) is 6.65. The SMILES string of the molecule is CCC1CC(NCC(F)F)CN(C2CCCCC2)C1. The summed E-state index contributed by atoms with van der Waals surface area (Å²) in [4.78, 5) is 2.58. The average molecular weight is 274 g/mol. The molecule has 1 aliphatic carbocycles. The first-order valence-corrected chi connectivity index (χ1v) is 7.94. The van der Waals surface area contributed by atoms with Gasteiger partial charge in [0, 0.05) is 25.2 Å². The van der Waals surface area contributed by atoms with Gasteiger partial charge in [0.25, 0.3) is 6.43 Å². The molecule has 2 aliphatic rings. The zero-order valence-electron chi connectivity index (χ0n) is 12.1. The molecule has 1 aliphatic heterocycles. The highest BCUT2D eigenvalue weighted by molar-refractivity contribution is 4.87. The van der Waals surface area contributed by atoms with Crippen molar-refractivity contribution in [3.05, 3.63) is 0 Å². The van der Waals surface area contributed by atoms with Crippen molar-refractivity contribution in [2.45, 2.75) is 70.4 Å². The number of hydrogen-bond acceptors (Lipinski definition) is 2. The molecule has 2 unspecified atom stereocenters. The van der Waals surface area contributed by atoms with Crippen molar-refractivity contribution in [2.75, 3.05) is 19.6 Å². The lowest BCUT2D eigenvalue weighted by Crippen LogP contribution is -2.53. The second-order valence-corrected chi connectivity index (χ2v) is 6.25. The van der Waals surface area contributed by atoms with Crippen LogP contribution in [-0.2, 0) is 0 Å². The molecule has 0 amide bonds. The van der Waals surface area contributed by atoms with Gasteiger partial charge in [-0.3, -0.25) is 4.90 Å². The Balaban J connectivity index is 1.87. The Morgan fingerprint density at radius 2 is 1.89 bits per heavy atom. The van der Waals surface area contributed by atoms with E-state index in [0.717, 1.165) is 19.4 Å². The first kappa shape index (κ1) is 15.2. The Bertz CT molecular complexity index is 255. The maximum atomic E-state index is 12.3. The van der Waals surface area contributed by atoms with Gasteiger partial charge in [0.2, 0.25) is 0 Å². The highest BCUT2D eigenvalue weighted by atomic mass is 19.3. The summed E-state index contributed by atoms with van der Waals surface area (Å²) in [7, 11) is 0. The normalized spacial score (nSPS) is 30.9. The number of nitrogens with zero attached hydrogens (tertiary/aromatic N) is 1. The molecule has 112 valence electrons. The number of hydrogen-bond donors (Lipinski definition) is 1. The summed E-state index contributed by atoms with van der Waals surface area (Å²) in [6, 6.07) is 0.966. The van der Waals surface area contributed by atoms with Crippen LogP contribution in [0.25, 0.3) is 0 Å². The minimum atomic E-state index is -2.23. The summed E-state index contributed by atoms with van der Waals surface area (Å²) in [5, 5.41) is 3.06. The number of rotatable bonds is 5. The van der Waals surface area contributed by atoms with Gasteiger partial charge in [0.1, 0.15) is 0 Å². The molecule has 1 saturated heterocycles. The molecule has 0 spiro atoms. The number of piperidine rings is 1. The summed E-state index contributed by atoms with van der Waals surface area (Å²) in [5.41, 5.74) is 0. The number of halogens is 2. The van der Waals surface area contributed by atoms with Crippen LogP contribution in [0, 0.1) is 5.92 Å². The summed E-state index contributed by atoms with van der Waals surface area (Å²) in [6.45, 7) is 4.21. The third-order valence-corrected chi connectivity index (χ3v) is 4.79. The second kappa shape index (κ2) is 7.53. The number of alkyl halides is 2. The van der Waals surface area contributed by atoms with Gasteiger partial charge < -0.3 is 5.32 Å². The largest absolute Gasteiger partial charge is 0.307 e. The van der Waals surface area contributed by atoms with Crippen LogP contribution in [0.2, 0.25) is 0 Å². The third-order valence-electron chi connectivity index (χ3n) is 4.79. The van der Waals surface area contributed by atoms with Gasteiger partial charge in [-0.05, 0) is 25.2 Å². The van der Waals surface area contributed by atoms with E-state index in [1.165, 1.54) is 38.6 Å². The van der Waals surface area contributed by atoms with Crippen LogP contribution < -0.4 is 5.32 Å². The maximum absolute atomic E-state index is 12.3. The minimum absolute atomic E-state index is 0.153. The molecule has 1 N–H and O–H groups in total. The van der Waals surface area contributed by atoms with E-state index in [0.29, 0.717) is 12.0 Å². The zero-order valence-corrected chi connectivity index (χ0v) is 12.1. The van der Waals surface area contributed by atoms with E-state index < -0.39 is 6.43 Å². The lowest BCUT2D eigenvalue weighted by atomic mass is 9.87. The maximum Gasteiger partial charge on any atom is 0.250 e. The Morgan fingerprint density at radius 3 is 2.53 bits per heavy atom. The fourth-order valence-electron chi connectivity index (χ4n) is 3.68. The molecule has 2 atom stereocenters. The number of likely N-dealkylation sites (tertiary alicyclic amines) is 1. The van der Waals surface area contributed by atoms with Gasteiger partial charge in [-0.1, -0.05) is 32.6 Å². The summed E-state index contributed by atoms with van der Waals surface area (Å²) >= 11 is 0. The van der Waals surface area contributed by atoms with Gasteiger partial charge in [-0.2, -0.15) is 0 Å². The minimum Gasteiger partial charge on any atom is -0.307 e. The van der Waals surface area contributed by atoms with Gasteiger partial charge in [0.05, 0.1) is 6.54 Å². The van der Waals surface area contributed by atoms with Gasteiger partial charge in [0.15, 0.2) is 0 Å². The monoisotopic (exact) mass is 274 g/mol. The molecule has 1 saturated carbocycles. The van der Waals surface area contributed by atoms with Crippen molar-refractivity contribution < 1.29 is 8.78 Å². The van der Waals surface area contributed by atoms with Crippen molar-refractivity contribution in [1.82, 2.24) is 10.2 Å². The van der Waals surface area contributed by atoms with E-state index in [-0.39, 0.29) is 12.6 Å². The van der Waals surface area contributed by atoms with Crippen molar-refractivity contribution in [1.29, 1.82) is 0 Å². The molecular weight excluding hydrogens is 246 g/mol. The van der Waals surface area contributed by atoms with Crippen LogP contribution >= 0.6 is 0 Å². The fraction of sp³-hybridized carbons (Fsp3) is 1.00. The average Bonchev–Trinajstić information content (AvgIpc) is 2.45. The topological polar surface area (TPSA) is 15.3 Å². The Morgan fingerprint density at radius 1 is 1.16 bits per heavy atom. The predicted molar refractivity (Wildman–Crippen MR) is 74.6 cm³/mol. The number of nitrogens with one attached hydrogen (secondary N) is 1. The molecule has 2 nitrogen and oxygen atoms in total. The van der Waals surface area contributed by atoms with E-state index in [1.54, 1.807) is 0 Å². The van der Waals surface area contributed by atoms with E-state index in [4.69, 9.17) is 0 Å². The van der Waals surface area contributed by atoms with E-state index >= 15 is 0 Å². The second-order valence-electron chi connectivity index (χ2n) is 6.25. The first-order valence-electron chi connectivity index (χ1n) is 7.94. The van der Waals surface area contributed by atoms with E-state index in [9.17, 15) is 8.78 Å². The Labute approximate surface area is 115 Å². The van der Waals surface area contributed by atoms with E-state index in [2.05, 4.69) is 17.1 Å². The third kappa shape index (κ3) is 4.67. The predicted octanol–water partition coefficient (Wildman–Crippen LogP) is 3.27. The molecule has 4 heteroatoms. The summed E-state index contributed by atoms with van der Waals surface area (Å²) in [5.74, 6) is 0.672. The van der Waals surface area contributed by atoms with Crippen LogP contribution in [-0.4, -0.2) is 43.0 Å². The highest BCUT2D eigenvalue weighted by Crippen LogP contribution is 2.28. The Hall–Kier alpha value is -0.220. The van der Waals surface area contributed by atoms with Gasteiger partial charge >= 0.3 is 0 Å².